The number of hydrogen-bond acceptors (Lipinski definition) is 5. The lowest BCUT2D eigenvalue weighted by Gasteiger charge is -2.33. The van der Waals surface area contributed by atoms with Gasteiger partial charge in [-0.25, -0.2) is 8.42 Å². The number of halogens is 1. The van der Waals surface area contributed by atoms with Crippen molar-refractivity contribution in [3.05, 3.63) is 59.1 Å². The molecule has 0 fully saturated rings. The van der Waals surface area contributed by atoms with Gasteiger partial charge in [-0.3, -0.25) is 13.9 Å². The smallest absolute Gasteiger partial charge is 0.244 e. The molecular formula is C24H32ClN3O5S. The first kappa shape index (κ1) is 27.5. The Morgan fingerprint density at radius 3 is 2.18 bits per heavy atom. The summed E-state index contributed by atoms with van der Waals surface area (Å²) in [5.74, 6) is -0.350. The zero-order valence-electron chi connectivity index (χ0n) is 20.3. The van der Waals surface area contributed by atoms with Crippen LogP contribution in [0, 0.1) is 0 Å². The van der Waals surface area contributed by atoms with E-state index in [0.717, 1.165) is 10.6 Å². The van der Waals surface area contributed by atoms with E-state index in [4.69, 9.17) is 16.3 Å². The SMILES string of the molecule is COc1ccc(N(CC(=O)N(Cc2ccccc2Cl)C(C)C(=O)NC(C)(C)C)S(C)(=O)=O)cc1. The topological polar surface area (TPSA) is 96.0 Å². The molecule has 2 rings (SSSR count). The van der Waals surface area contributed by atoms with Crippen molar-refractivity contribution in [2.75, 3.05) is 24.2 Å². The number of amides is 2. The monoisotopic (exact) mass is 509 g/mol. The fourth-order valence-electron chi connectivity index (χ4n) is 3.23. The zero-order chi connectivity index (χ0) is 25.7. The van der Waals surface area contributed by atoms with Crippen LogP contribution in [0.2, 0.25) is 5.02 Å². The van der Waals surface area contributed by atoms with Gasteiger partial charge in [0.2, 0.25) is 21.8 Å². The third-order valence-electron chi connectivity index (χ3n) is 5.00. The van der Waals surface area contributed by atoms with Gasteiger partial charge in [-0.05, 0) is 63.6 Å². The van der Waals surface area contributed by atoms with Crippen LogP contribution in [0.15, 0.2) is 48.5 Å². The Bertz CT molecular complexity index is 1110. The lowest BCUT2D eigenvalue weighted by atomic mass is 10.1. The summed E-state index contributed by atoms with van der Waals surface area (Å²) in [6, 6.07) is 12.5. The lowest BCUT2D eigenvalue weighted by Crippen LogP contribution is -2.54. The molecule has 1 atom stereocenters. The van der Waals surface area contributed by atoms with Crippen molar-refractivity contribution in [3.8, 4) is 5.75 Å². The van der Waals surface area contributed by atoms with Crippen molar-refractivity contribution >= 4 is 39.1 Å². The van der Waals surface area contributed by atoms with E-state index in [9.17, 15) is 18.0 Å². The molecular weight excluding hydrogens is 478 g/mol. The number of anilines is 1. The number of hydrogen-bond donors (Lipinski definition) is 1. The highest BCUT2D eigenvalue weighted by molar-refractivity contribution is 7.92. The van der Waals surface area contributed by atoms with Crippen molar-refractivity contribution < 1.29 is 22.7 Å². The van der Waals surface area contributed by atoms with Gasteiger partial charge in [0.25, 0.3) is 0 Å². The average Bonchev–Trinajstić information content (AvgIpc) is 2.74. The van der Waals surface area contributed by atoms with Crippen LogP contribution in [0.5, 0.6) is 5.75 Å². The maximum atomic E-state index is 13.5. The van der Waals surface area contributed by atoms with Gasteiger partial charge in [0.15, 0.2) is 0 Å². The Hall–Kier alpha value is -2.78. The minimum atomic E-state index is -3.80. The predicted molar refractivity (Wildman–Crippen MR) is 135 cm³/mol. The number of carbonyl (C=O) groups is 2. The Balaban J connectivity index is 2.41. The number of ether oxygens (including phenoxy) is 1. The third-order valence-corrected chi connectivity index (χ3v) is 6.51. The van der Waals surface area contributed by atoms with Crippen molar-refractivity contribution in [1.82, 2.24) is 10.2 Å². The van der Waals surface area contributed by atoms with Gasteiger partial charge in [0, 0.05) is 17.1 Å². The average molecular weight is 510 g/mol. The van der Waals surface area contributed by atoms with Crippen LogP contribution >= 0.6 is 11.6 Å². The molecule has 0 aliphatic rings. The number of nitrogens with zero attached hydrogens (tertiary/aromatic N) is 2. The molecule has 2 aromatic rings. The normalized spacial score (nSPS) is 12.6. The number of sulfonamides is 1. The summed E-state index contributed by atoms with van der Waals surface area (Å²) in [6.45, 7) is 6.68. The largest absolute Gasteiger partial charge is 0.497 e. The molecule has 2 amide bonds. The molecule has 0 spiro atoms. The van der Waals surface area contributed by atoms with Crippen LogP contribution in [0.4, 0.5) is 5.69 Å². The maximum Gasteiger partial charge on any atom is 0.244 e. The molecule has 186 valence electrons. The zero-order valence-corrected chi connectivity index (χ0v) is 21.9. The molecule has 1 N–H and O–H groups in total. The molecule has 8 nitrogen and oxygen atoms in total. The van der Waals surface area contributed by atoms with Gasteiger partial charge in [-0.15, -0.1) is 0 Å². The van der Waals surface area contributed by atoms with Crippen LogP contribution in [0.3, 0.4) is 0 Å². The van der Waals surface area contributed by atoms with E-state index in [0.29, 0.717) is 22.0 Å². The Labute approximate surface area is 206 Å². The fourth-order valence-corrected chi connectivity index (χ4v) is 4.27. The predicted octanol–water partition coefficient (Wildman–Crippen LogP) is 3.45. The Morgan fingerprint density at radius 1 is 1.09 bits per heavy atom. The first-order valence-corrected chi connectivity index (χ1v) is 12.9. The van der Waals surface area contributed by atoms with Gasteiger partial charge in [-0.1, -0.05) is 29.8 Å². The number of carbonyl (C=O) groups excluding carboxylic acids is 2. The van der Waals surface area contributed by atoms with Gasteiger partial charge in [0.05, 0.1) is 19.1 Å². The summed E-state index contributed by atoms with van der Waals surface area (Å²) in [7, 11) is -2.30. The molecule has 10 heteroatoms. The van der Waals surface area contributed by atoms with E-state index >= 15 is 0 Å². The van der Waals surface area contributed by atoms with Crippen LogP contribution in [0.1, 0.15) is 33.3 Å². The van der Waals surface area contributed by atoms with Crippen molar-refractivity contribution in [2.24, 2.45) is 0 Å². The molecule has 0 aromatic heterocycles. The van der Waals surface area contributed by atoms with Gasteiger partial charge in [-0.2, -0.15) is 0 Å². The minimum absolute atomic E-state index is 0.0391. The Morgan fingerprint density at radius 2 is 1.68 bits per heavy atom. The van der Waals surface area contributed by atoms with Crippen LogP contribution in [0.25, 0.3) is 0 Å². The number of nitrogens with one attached hydrogen (secondary N) is 1. The first-order valence-electron chi connectivity index (χ1n) is 10.7. The van der Waals surface area contributed by atoms with Crippen molar-refractivity contribution in [1.29, 1.82) is 0 Å². The molecule has 0 aliphatic carbocycles. The quantitative estimate of drug-likeness (QED) is 0.558. The number of methoxy groups -OCH3 is 1. The molecule has 0 saturated heterocycles. The molecule has 0 radical (unpaired) electrons. The van der Waals surface area contributed by atoms with E-state index < -0.39 is 34.1 Å². The minimum Gasteiger partial charge on any atom is -0.497 e. The highest BCUT2D eigenvalue weighted by Gasteiger charge is 2.31. The van der Waals surface area contributed by atoms with Gasteiger partial charge in [0.1, 0.15) is 18.3 Å². The van der Waals surface area contributed by atoms with Crippen LogP contribution in [-0.2, 0) is 26.2 Å². The second-order valence-electron chi connectivity index (χ2n) is 9.00. The first-order chi connectivity index (χ1) is 15.7. The van der Waals surface area contributed by atoms with E-state index in [1.54, 1.807) is 55.5 Å². The molecule has 2 aromatic carbocycles. The Kier molecular flexibility index (Phi) is 8.96. The molecule has 0 heterocycles. The maximum absolute atomic E-state index is 13.5. The standard InChI is InChI=1S/C24H32ClN3O5S/c1-17(23(30)26-24(2,3)4)27(15-18-9-7-8-10-21(18)25)22(29)16-28(34(6,31)32)19-11-13-20(33-5)14-12-19/h7-14,17H,15-16H2,1-6H3,(H,26,30). The molecule has 1 unspecified atom stereocenters. The fraction of sp³-hybridized carbons (Fsp3) is 0.417. The van der Waals surface area contributed by atoms with E-state index in [-0.39, 0.29) is 12.5 Å². The second-order valence-corrected chi connectivity index (χ2v) is 11.3. The van der Waals surface area contributed by atoms with E-state index in [2.05, 4.69) is 5.32 Å². The third kappa shape index (κ3) is 7.63. The van der Waals surface area contributed by atoms with Crippen LogP contribution in [-0.4, -0.2) is 56.6 Å². The van der Waals surface area contributed by atoms with E-state index in [1.165, 1.54) is 12.0 Å². The van der Waals surface area contributed by atoms with Gasteiger partial charge < -0.3 is 15.0 Å². The number of rotatable bonds is 9. The summed E-state index contributed by atoms with van der Waals surface area (Å²) >= 11 is 6.31. The highest BCUT2D eigenvalue weighted by atomic mass is 35.5. The van der Waals surface area contributed by atoms with Crippen LogP contribution < -0.4 is 14.4 Å². The highest BCUT2D eigenvalue weighted by Crippen LogP contribution is 2.23. The molecule has 34 heavy (non-hydrogen) atoms. The van der Waals surface area contributed by atoms with Crippen molar-refractivity contribution in [3.63, 3.8) is 0 Å². The van der Waals surface area contributed by atoms with Gasteiger partial charge >= 0.3 is 0 Å². The lowest BCUT2D eigenvalue weighted by molar-refractivity contribution is -0.140. The molecule has 0 saturated carbocycles. The summed E-state index contributed by atoms with van der Waals surface area (Å²) in [5, 5.41) is 3.31. The number of benzene rings is 2. The summed E-state index contributed by atoms with van der Waals surface area (Å²) in [5.41, 5.74) is 0.441. The van der Waals surface area contributed by atoms with E-state index in [1.807, 2.05) is 20.8 Å². The summed E-state index contributed by atoms with van der Waals surface area (Å²) < 4.78 is 31.3. The molecule has 0 bridgehead atoms. The second kappa shape index (κ2) is 11.1. The summed E-state index contributed by atoms with van der Waals surface area (Å²) in [6.07, 6.45) is 1.03. The van der Waals surface area contributed by atoms with Crippen molar-refractivity contribution in [2.45, 2.75) is 45.8 Å². The molecule has 0 aliphatic heterocycles. The summed E-state index contributed by atoms with van der Waals surface area (Å²) in [4.78, 5) is 27.8.